The predicted molar refractivity (Wildman–Crippen MR) is 79.4 cm³/mol. The van der Waals surface area contributed by atoms with Crippen molar-refractivity contribution in [1.29, 1.82) is 0 Å². The number of unbranched alkanes of at least 4 members (excludes halogenated alkanes) is 1. The fourth-order valence-corrected chi connectivity index (χ4v) is 2.50. The molecule has 0 aliphatic heterocycles. The summed E-state index contributed by atoms with van der Waals surface area (Å²) >= 11 is 1.44. The number of carbonyl (C=O) groups is 1. The Bertz CT molecular complexity index is 456. The molecule has 1 rings (SSSR count). The average molecular weight is 279 g/mol. The maximum Gasteiger partial charge on any atom is 0.265 e. The number of nitrogens with zero attached hydrogens (tertiary/aromatic N) is 1. The molecule has 0 saturated carbocycles. The van der Waals surface area contributed by atoms with Gasteiger partial charge in [-0.25, -0.2) is 0 Å². The Hall–Kier alpha value is -1.31. The van der Waals surface area contributed by atoms with Gasteiger partial charge in [0, 0.05) is 25.1 Å². The molecule has 19 heavy (non-hydrogen) atoms. The minimum Gasteiger partial charge on any atom is -0.395 e. The molecule has 1 amide bonds. The number of hydrogen-bond acceptors (Lipinski definition) is 3. The number of hydrogen-bond donors (Lipinski definition) is 1. The van der Waals surface area contributed by atoms with E-state index in [2.05, 4.69) is 18.8 Å². The van der Waals surface area contributed by atoms with Crippen LogP contribution >= 0.6 is 11.3 Å². The fourth-order valence-electron chi connectivity index (χ4n) is 1.68. The van der Waals surface area contributed by atoms with Crippen molar-refractivity contribution in [2.75, 3.05) is 19.7 Å². The van der Waals surface area contributed by atoms with Gasteiger partial charge in [-0.15, -0.1) is 11.3 Å². The van der Waals surface area contributed by atoms with Crippen LogP contribution in [0.3, 0.4) is 0 Å². The number of aliphatic hydroxyl groups is 1. The third kappa shape index (κ3) is 4.70. The first-order valence-electron chi connectivity index (χ1n) is 6.71. The van der Waals surface area contributed by atoms with Gasteiger partial charge in [0.05, 0.1) is 6.61 Å². The van der Waals surface area contributed by atoms with E-state index in [-0.39, 0.29) is 12.5 Å². The Balaban J connectivity index is 2.81. The van der Waals surface area contributed by atoms with E-state index < -0.39 is 0 Å². The summed E-state index contributed by atoms with van der Waals surface area (Å²) < 4.78 is 0. The first-order valence-corrected chi connectivity index (χ1v) is 7.59. The highest BCUT2D eigenvalue weighted by Crippen LogP contribution is 2.18. The minimum atomic E-state index is 0.0536. The molecule has 0 spiro atoms. The second-order valence-corrected chi connectivity index (χ2v) is 5.09. The second-order valence-electron chi connectivity index (χ2n) is 4.18. The highest BCUT2D eigenvalue weighted by atomic mass is 32.1. The molecule has 4 heteroatoms. The molecular formula is C15H21NO2S. The van der Waals surface area contributed by atoms with Crippen molar-refractivity contribution in [3.8, 4) is 11.8 Å². The Morgan fingerprint density at radius 2 is 2.26 bits per heavy atom. The quantitative estimate of drug-likeness (QED) is 0.813. The number of amides is 1. The van der Waals surface area contributed by atoms with E-state index in [1.165, 1.54) is 11.3 Å². The lowest BCUT2D eigenvalue weighted by Gasteiger charge is -2.20. The van der Waals surface area contributed by atoms with Crippen molar-refractivity contribution in [2.45, 2.75) is 33.1 Å². The lowest BCUT2D eigenvalue weighted by molar-refractivity contribution is 0.0767. The number of thiophene rings is 1. The molecule has 1 aromatic heterocycles. The first kappa shape index (κ1) is 15.7. The zero-order valence-electron chi connectivity index (χ0n) is 11.6. The van der Waals surface area contributed by atoms with Gasteiger partial charge in [-0.3, -0.25) is 4.79 Å². The molecule has 1 heterocycles. The van der Waals surface area contributed by atoms with Crippen molar-refractivity contribution in [3.63, 3.8) is 0 Å². The summed E-state index contributed by atoms with van der Waals surface area (Å²) in [6, 6.07) is 1.87. The van der Waals surface area contributed by atoms with E-state index in [0.29, 0.717) is 11.3 Å². The molecular weight excluding hydrogens is 258 g/mol. The Labute approximate surface area is 119 Å². The maximum absolute atomic E-state index is 12.4. The first-order chi connectivity index (χ1) is 9.24. The van der Waals surface area contributed by atoms with Gasteiger partial charge in [-0.2, -0.15) is 0 Å². The van der Waals surface area contributed by atoms with E-state index in [1.807, 2.05) is 23.3 Å². The van der Waals surface area contributed by atoms with Crippen LogP contribution < -0.4 is 0 Å². The standard InChI is InChI=1S/C15H21NO2S/c1-3-5-10-16(4-2)15(18)14-13(9-12-19-14)8-6-7-11-17/h9,12,17H,3-5,7,10-11H2,1-2H3. The average Bonchev–Trinajstić information content (AvgIpc) is 2.88. The van der Waals surface area contributed by atoms with E-state index in [4.69, 9.17) is 5.11 Å². The summed E-state index contributed by atoms with van der Waals surface area (Å²) in [6.45, 7) is 5.69. The van der Waals surface area contributed by atoms with Crippen LogP contribution in [0.1, 0.15) is 48.3 Å². The molecule has 1 N–H and O–H groups in total. The number of carbonyl (C=O) groups excluding carboxylic acids is 1. The Morgan fingerprint density at radius 3 is 2.89 bits per heavy atom. The fraction of sp³-hybridized carbons (Fsp3) is 0.533. The number of aliphatic hydroxyl groups excluding tert-OH is 1. The zero-order valence-corrected chi connectivity index (χ0v) is 12.4. The summed E-state index contributed by atoms with van der Waals surface area (Å²) in [4.78, 5) is 15.0. The SMILES string of the molecule is CCCCN(CC)C(=O)c1sccc1C#CCCO. The van der Waals surface area contributed by atoms with Gasteiger partial charge in [-0.1, -0.05) is 25.2 Å². The van der Waals surface area contributed by atoms with Crippen LogP contribution in [0.25, 0.3) is 0 Å². The van der Waals surface area contributed by atoms with Crippen molar-refractivity contribution in [2.24, 2.45) is 0 Å². The van der Waals surface area contributed by atoms with E-state index in [1.54, 1.807) is 0 Å². The van der Waals surface area contributed by atoms with Crippen molar-refractivity contribution < 1.29 is 9.90 Å². The molecule has 0 aliphatic rings. The molecule has 0 radical (unpaired) electrons. The minimum absolute atomic E-state index is 0.0536. The van der Waals surface area contributed by atoms with Crippen LogP contribution in [-0.2, 0) is 0 Å². The Kier molecular flexibility index (Phi) is 7.24. The molecule has 1 aromatic rings. The van der Waals surface area contributed by atoms with Crippen LogP contribution in [-0.4, -0.2) is 35.6 Å². The van der Waals surface area contributed by atoms with Crippen LogP contribution in [0.4, 0.5) is 0 Å². The molecule has 0 atom stereocenters. The van der Waals surface area contributed by atoms with Crippen LogP contribution in [0.5, 0.6) is 0 Å². The second kappa shape index (κ2) is 8.73. The van der Waals surface area contributed by atoms with Gasteiger partial charge in [0.25, 0.3) is 5.91 Å². The summed E-state index contributed by atoms with van der Waals surface area (Å²) in [7, 11) is 0. The Morgan fingerprint density at radius 1 is 1.47 bits per heavy atom. The van der Waals surface area contributed by atoms with Crippen molar-refractivity contribution in [3.05, 3.63) is 21.9 Å². The summed E-state index contributed by atoms with van der Waals surface area (Å²) in [5.74, 6) is 5.90. The summed E-state index contributed by atoms with van der Waals surface area (Å²) in [5.41, 5.74) is 0.776. The van der Waals surface area contributed by atoms with Crippen LogP contribution in [0, 0.1) is 11.8 Å². The predicted octanol–water partition coefficient (Wildman–Crippen LogP) is 2.74. The third-order valence-corrected chi connectivity index (χ3v) is 3.67. The lowest BCUT2D eigenvalue weighted by atomic mass is 10.2. The number of rotatable bonds is 6. The van der Waals surface area contributed by atoms with Gasteiger partial charge in [0.1, 0.15) is 4.88 Å². The molecule has 104 valence electrons. The highest BCUT2D eigenvalue weighted by Gasteiger charge is 2.17. The smallest absolute Gasteiger partial charge is 0.265 e. The third-order valence-electron chi connectivity index (χ3n) is 2.77. The van der Waals surface area contributed by atoms with Gasteiger partial charge in [-0.05, 0) is 24.8 Å². The van der Waals surface area contributed by atoms with E-state index >= 15 is 0 Å². The molecule has 0 aromatic carbocycles. The summed E-state index contributed by atoms with van der Waals surface area (Å²) in [5, 5.41) is 10.6. The maximum atomic E-state index is 12.4. The normalized spacial score (nSPS) is 9.84. The molecule has 3 nitrogen and oxygen atoms in total. The molecule has 0 saturated heterocycles. The topological polar surface area (TPSA) is 40.5 Å². The van der Waals surface area contributed by atoms with Crippen LogP contribution in [0.2, 0.25) is 0 Å². The van der Waals surface area contributed by atoms with Gasteiger partial charge in [0.15, 0.2) is 0 Å². The van der Waals surface area contributed by atoms with Gasteiger partial charge < -0.3 is 10.0 Å². The molecule has 0 bridgehead atoms. The molecule has 0 fully saturated rings. The zero-order chi connectivity index (χ0) is 14.1. The van der Waals surface area contributed by atoms with Crippen molar-refractivity contribution in [1.82, 2.24) is 4.90 Å². The van der Waals surface area contributed by atoms with Gasteiger partial charge in [0.2, 0.25) is 0 Å². The lowest BCUT2D eigenvalue weighted by Crippen LogP contribution is -2.31. The monoisotopic (exact) mass is 279 g/mol. The molecule has 0 aliphatic carbocycles. The highest BCUT2D eigenvalue weighted by molar-refractivity contribution is 7.12. The van der Waals surface area contributed by atoms with Crippen LogP contribution in [0.15, 0.2) is 11.4 Å². The largest absolute Gasteiger partial charge is 0.395 e. The van der Waals surface area contributed by atoms with Gasteiger partial charge >= 0.3 is 0 Å². The van der Waals surface area contributed by atoms with E-state index in [0.717, 1.165) is 31.5 Å². The summed E-state index contributed by atoms with van der Waals surface area (Å²) in [6.07, 6.45) is 2.55. The van der Waals surface area contributed by atoms with E-state index in [9.17, 15) is 4.79 Å². The molecule has 0 unspecified atom stereocenters. The van der Waals surface area contributed by atoms with Crippen molar-refractivity contribution >= 4 is 17.2 Å².